The highest BCUT2D eigenvalue weighted by molar-refractivity contribution is 7.09. The molecule has 1 saturated heterocycles. The molecule has 1 aromatic carbocycles. The van der Waals surface area contributed by atoms with Crippen molar-refractivity contribution in [3.63, 3.8) is 0 Å². The van der Waals surface area contributed by atoms with Crippen LogP contribution in [-0.2, 0) is 16.7 Å². The summed E-state index contributed by atoms with van der Waals surface area (Å²) in [6, 6.07) is 15.0. The second-order valence-corrected chi connectivity index (χ2v) is 7.15. The predicted molar refractivity (Wildman–Crippen MR) is 101 cm³/mol. The van der Waals surface area contributed by atoms with Gasteiger partial charge in [0.1, 0.15) is 0 Å². The predicted octanol–water partition coefficient (Wildman–Crippen LogP) is 3.16. The van der Waals surface area contributed by atoms with Gasteiger partial charge in [0.2, 0.25) is 0 Å². The summed E-state index contributed by atoms with van der Waals surface area (Å²) in [6.07, 6.45) is 2.07. The van der Waals surface area contributed by atoms with Gasteiger partial charge < -0.3 is 15.4 Å². The number of nitrogens with one attached hydrogen (secondary N) is 2. The maximum atomic E-state index is 5.60. The molecule has 4 nitrogen and oxygen atoms in total. The van der Waals surface area contributed by atoms with Crippen LogP contribution in [0.2, 0.25) is 0 Å². The summed E-state index contributed by atoms with van der Waals surface area (Å²) in [4.78, 5) is 5.67. The van der Waals surface area contributed by atoms with Crippen molar-refractivity contribution >= 4 is 17.3 Å². The molecule has 0 spiro atoms. The van der Waals surface area contributed by atoms with E-state index in [1.165, 1.54) is 10.4 Å². The number of benzene rings is 1. The Kier molecular flexibility index (Phi) is 5.88. The summed E-state index contributed by atoms with van der Waals surface area (Å²) in [6.45, 7) is 3.30. The third-order valence-corrected chi connectivity index (χ3v) is 5.54. The molecule has 2 aromatic rings. The fourth-order valence-electron chi connectivity index (χ4n) is 3.18. The summed E-state index contributed by atoms with van der Waals surface area (Å²) in [7, 11) is 1.82. The van der Waals surface area contributed by atoms with E-state index in [4.69, 9.17) is 4.74 Å². The molecular formula is C19H25N3OS. The molecule has 0 bridgehead atoms. The van der Waals surface area contributed by atoms with Crippen LogP contribution >= 0.6 is 11.3 Å². The van der Waals surface area contributed by atoms with Gasteiger partial charge in [-0.25, -0.2) is 0 Å². The maximum Gasteiger partial charge on any atom is 0.191 e. The number of aliphatic imine (C=N–C) groups is 1. The Bertz CT molecular complexity index is 634. The summed E-state index contributed by atoms with van der Waals surface area (Å²) < 4.78 is 5.60. The van der Waals surface area contributed by atoms with Crippen LogP contribution in [0.1, 0.15) is 23.3 Å². The molecule has 0 saturated carbocycles. The standard InChI is InChI=1S/C19H25N3OS/c1-20-18(21-14-17-8-5-13-24-17)22-15-19(9-11-23-12-10-19)16-6-3-2-4-7-16/h2-8,13H,9-12,14-15H2,1H3,(H2,20,21,22). The van der Waals surface area contributed by atoms with Crippen LogP contribution in [0.25, 0.3) is 0 Å². The van der Waals surface area contributed by atoms with Crippen LogP contribution in [0.5, 0.6) is 0 Å². The van der Waals surface area contributed by atoms with Gasteiger partial charge in [0.05, 0.1) is 6.54 Å². The zero-order valence-electron chi connectivity index (χ0n) is 14.1. The number of hydrogen-bond donors (Lipinski definition) is 2. The first kappa shape index (κ1) is 17.0. The molecule has 2 heterocycles. The molecule has 3 rings (SSSR count). The van der Waals surface area contributed by atoms with E-state index in [1.807, 2.05) is 7.05 Å². The molecule has 0 aliphatic carbocycles. The van der Waals surface area contributed by atoms with Gasteiger partial charge in [-0.3, -0.25) is 4.99 Å². The zero-order valence-corrected chi connectivity index (χ0v) is 14.9. The van der Waals surface area contributed by atoms with E-state index in [0.29, 0.717) is 0 Å². The van der Waals surface area contributed by atoms with Crippen molar-refractivity contribution in [2.24, 2.45) is 4.99 Å². The Labute approximate surface area is 148 Å². The normalized spacial score (nSPS) is 17.5. The van der Waals surface area contributed by atoms with E-state index in [-0.39, 0.29) is 5.41 Å². The van der Waals surface area contributed by atoms with Gasteiger partial charge in [-0.2, -0.15) is 0 Å². The number of rotatable bonds is 5. The Morgan fingerprint density at radius 2 is 1.92 bits per heavy atom. The molecule has 1 aliphatic rings. The summed E-state index contributed by atoms with van der Waals surface area (Å²) in [5.41, 5.74) is 1.49. The van der Waals surface area contributed by atoms with Crippen molar-refractivity contribution in [3.8, 4) is 0 Å². The average Bonchev–Trinajstić information content (AvgIpc) is 3.17. The first-order chi connectivity index (χ1) is 11.8. The molecule has 128 valence electrons. The third-order valence-electron chi connectivity index (χ3n) is 4.66. The molecule has 5 heteroatoms. The monoisotopic (exact) mass is 343 g/mol. The minimum Gasteiger partial charge on any atom is -0.381 e. The van der Waals surface area contributed by atoms with E-state index < -0.39 is 0 Å². The van der Waals surface area contributed by atoms with Crippen molar-refractivity contribution < 1.29 is 4.74 Å². The molecule has 1 aromatic heterocycles. The van der Waals surface area contributed by atoms with E-state index >= 15 is 0 Å². The van der Waals surface area contributed by atoms with Gasteiger partial charge in [-0.05, 0) is 29.9 Å². The Hall–Kier alpha value is -1.85. The molecule has 1 fully saturated rings. The van der Waals surface area contributed by atoms with E-state index in [2.05, 4.69) is 63.5 Å². The van der Waals surface area contributed by atoms with Crippen molar-refractivity contribution in [1.82, 2.24) is 10.6 Å². The number of hydrogen-bond acceptors (Lipinski definition) is 3. The van der Waals surface area contributed by atoms with Gasteiger partial charge in [-0.15, -0.1) is 11.3 Å². The van der Waals surface area contributed by atoms with Crippen molar-refractivity contribution in [2.45, 2.75) is 24.8 Å². The van der Waals surface area contributed by atoms with Gasteiger partial charge in [-0.1, -0.05) is 36.4 Å². The lowest BCUT2D eigenvalue weighted by Crippen LogP contribution is -2.47. The minimum atomic E-state index is 0.111. The summed E-state index contributed by atoms with van der Waals surface area (Å²) >= 11 is 1.76. The lowest BCUT2D eigenvalue weighted by Gasteiger charge is -2.38. The van der Waals surface area contributed by atoms with Crippen LogP contribution in [0.15, 0.2) is 52.8 Å². The van der Waals surface area contributed by atoms with Crippen LogP contribution in [0.3, 0.4) is 0 Å². The maximum absolute atomic E-state index is 5.60. The fourth-order valence-corrected chi connectivity index (χ4v) is 3.82. The lowest BCUT2D eigenvalue weighted by molar-refractivity contribution is 0.0514. The summed E-state index contributed by atoms with van der Waals surface area (Å²) in [5.74, 6) is 0.852. The first-order valence-corrected chi connectivity index (χ1v) is 9.30. The number of thiophene rings is 1. The number of nitrogens with zero attached hydrogens (tertiary/aromatic N) is 1. The molecule has 0 amide bonds. The topological polar surface area (TPSA) is 45.7 Å². The van der Waals surface area contributed by atoms with Crippen LogP contribution in [0.4, 0.5) is 0 Å². The third kappa shape index (κ3) is 4.16. The smallest absolute Gasteiger partial charge is 0.191 e. The highest BCUT2D eigenvalue weighted by atomic mass is 32.1. The molecular weight excluding hydrogens is 318 g/mol. The van der Waals surface area contributed by atoms with Gasteiger partial charge >= 0.3 is 0 Å². The first-order valence-electron chi connectivity index (χ1n) is 8.43. The van der Waals surface area contributed by atoms with Crippen molar-refractivity contribution in [3.05, 3.63) is 58.3 Å². The molecule has 0 unspecified atom stereocenters. The van der Waals surface area contributed by atoms with E-state index in [0.717, 1.165) is 45.1 Å². The molecule has 0 radical (unpaired) electrons. The van der Waals surface area contributed by atoms with E-state index in [9.17, 15) is 0 Å². The molecule has 1 aliphatic heterocycles. The molecule has 24 heavy (non-hydrogen) atoms. The Morgan fingerprint density at radius 3 is 2.58 bits per heavy atom. The average molecular weight is 343 g/mol. The molecule has 2 N–H and O–H groups in total. The largest absolute Gasteiger partial charge is 0.381 e. The fraction of sp³-hybridized carbons (Fsp3) is 0.421. The van der Waals surface area contributed by atoms with Gasteiger partial charge in [0, 0.05) is 37.1 Å². The number of ether oxygens (including phenoxy) is 1. The highest BCUT2D eigenvalue weighted by Gasteiger charge is 2.34. The lowest BCUT2D eigenvalue weighted by atomic mass is 9.74. The highest BCUT2D eigenvalue weighted by Crippen LogP contribution is 2.34. The Balaban J connectivity index is 1.64. The SMILES string of the molecule is CN=C(NCc1cccs1)NCC1(c2ccccc2)CCOCC1. The number of guanidine groups is 1. The zero-order chi connectivity index (χ0) is 16.7. The quantitative estimate of drug-likeness (QED) is 0.647. The van der Waals surface area contributed by atoms with Gasteiger partial charge in [0.15, 0.2) is 5.96 Å². The second-order valence-electron chi connectivity index (χ2n) is 6.12. The van der Waals surface area contributed by atoms with Crippen molar-refractivity contribution in [2.75, 3.05) is 26.8 Å². The van der Waals surface area contributed by atoms with Crippen LogP contribution < -0.4 is 10.6 Å². The second kappa shape index (κ2) is 8.31. The summed E-state index contributed by atoms with van der Waals surface area (Å²) in [5, 5.41) is 9.02. The van der Waals surface area contributed by atoms with E-state index in [1.54, 1.807) is 11.3 Å². The van der Waals surface area contributed by atoms with Gasteiger partial charge in [0.25, 0.3) is 0 Å². The van der Waals surface area contributed by atoms with Crippen molar-refractivity contribution in [1.29, 1.82) is 0 Å². The Morgan fingerprint density at radius 1 is 1.12 bits per heavy atom. The van der Waals surface area contributed by atoms with Crippen LogP contribution in [-0.4, -0.2) is 32.8 Å². The molecule has 0 atom stereocenters. The minimum absolute atomic E-state index is 0.111. The van der Waals surface area contributed by atoms with Crippen LogP contribution in [0, 0.1) is 0 Å².